The summed E-state index contributed by atoms with van der Waals surface area (Å²) in [5.41, 5.74) is 2.00. The molecule has 1 atom stereocenters. The van der Waals surface area contributed by atoms with E-state index < -0.39 is 11.9 Å². The number of amides is 3. The molecule has 0 spiro atoms. The Hall–Kier alpha value is -2.70. The zero-order valence-corrected chi connectivity index (χ0v) is 16.5. The molecule has 0 saturated heterocycles. The molecule has 0 heterocycles. The molecule has 1 unspecified atom stereocenters. The summed E-state index contributed by atoms with van der Waals surface area (Å²) in [4.78, 5) is 26.3. The van der Waals surface area contributed by atoms with Crippen molar-refractivity contribution in [1.29, 1.82) is 0 Å². The molecule has 3 N–H and O–H groups in total. The first-order chi connectivity index (χ1) is 13.5. The standard InChI is InChI=1S/C22H29N3O3/c1-17(2)20(16-26)25(14-19-11-7-4-8-12-19)15-21(27)24-22(28)23-13-18-9-5-3-6-10-18/h3-12,17,20,26H,13-16H2,1-2H3,(H2,23,24,27,28). The molecule has 28 heavy (non-hydrogen) atoms. The Kier molecular flexibility index (Phi) is 8.65. The van der Waals surface area contributed by atoms with E-state index in [0.717, 1.165) is 11.1 Å². The number of hydrogen-bond donors (Lipinski definition) is 3. The van der Waals surface area contributed by atoms with Gasteiger partial charge < -0.3 is 10.4 Å². The van der Waals surface area contributed by atoms with E-state index in [2.05, 4.69) is 10.6 Å². The van der Waals surface area contributed by atoms with Crippen LogP contribution in [0.2, 0.25) is 0 Å². The van der Waals surface area contributed by atoms with Gasteiger partial charge in [-0.05, 0) is 17.0 Å². The average molecular weight is 383 g/mol. The van der Waals surface area contributed by atoms with Crippen LogP contribution < -0.4 is 10.6 Å². The highest BCUT2D eigenvalue weighted by Crippen LogP contribution is 2.14. The van der Waals surface area contributed by atoms with E-state index in [4.69, 9.17) is 0 Å². The van der Waals surface area contributed by atoms with Gasteiger partial charge in [-0.3, -0.25) is 15.0 Å². The summed E-state index contributed by atoms with van der Waals surface area (Å²) in [5.74, 6) is -0.242. The lowest BCUT2D eigenvalue weighted by molar-refractivity contribution is -0.122. The van der Waals surface area contributed by atoms with Crippen molar-refractivity contribution in [2.45, 2.75) is 33.0 Å². The van der Waals surface area contributed by atoms with Crippen molar-refractivity contribution in [3.63, 3.8) is 0 Å². The molecule has 0 aromatic heterocycles. The third-order valence-electron chi connectivity index (χ3n) is 4.55. The molecule has 6 heteroatoms. The second-order valence-electron chi connectivity index (χ2n) is 7.10. The maximum Gasteiger partial charge on any atom is 0.321 e. The van der Waals surface area contributed by atoms with E-state index in [-0.39, 0.29) is 25.1 Å². The highest BCUT2D eigenvalue weighted by atomic mass is 16.3. The van der Waals surface area contributed by atoms with Crippen molar-refractivity contribution in [3.8, 4) is 0 Å². The summed E-state index contributed by atoms with van der Waals surface area (Å²) in [7, 11) is 0. The van der Waals surface area contributed by atoms with Gasteiger partial charge in [-0.2, -0.15) is 0 Å². The molecule has 0 bridgehead atoms. The lowest BCUT2D eigenvalue weighted by atomic mass is 10.0. The van der Waals surface area contributed by atoms with Gasteiger partial charge in [0, 0.05) is 19.1 Å². The van der Waals surface area contributed by atoms with Gasteiger partial charge >= 0.3 is 6.03 Å². The van der Waals surface area contributed by atoms with E-state index in [9.17, 15) is 14.7 Å². The van der Waals surface area contributed by atoms with Crippen LogP contribution in [0.1, 0.15) is 25.0 Å². The molecular formula is C22H29N3O3. The third kappa shape index (κ3) is 7.13. The summed E-state index contributed by atoms with van der Waals surface area (Å²) in [6, 6.07) is 18.5. The summed E-state index contributed by atoms with van der Waals surface area (Å²) < 4.78 is 0. The number of urea groups is 1. The zero-order valence-electron chi connectivity index (χ0n) is 16.5. The van der Waals surface area contributed by atoms with Gasteiger partial charge in [0.15, 0.2) is 0 Å². The van der Waals surface area contributed by atoms with Gasteiger partial charge in [0.2, 0.25) is 5.91 Å². The highest BCUT2D eigenvalue weighted by molar-refractivity contribution is 5.95. The molecule has 0 fully saturated rings. The molecule has 3 amide bonds. The molecule has 0 radical (unpaired) electrons. The van der Waals surface area contributed by atoms with Gasteiger partial charge in [0.1, 0.15) is 0 Å². The summed E-state index contributed by atoms with van der Waals surface area (Å²) in [6.45, 7) is 4.84. The molecule has 0 aliphatic rings. The predicted octanol–water partition coefficient (Wildman–Crippen LogP) is 2.53. The van der Waals surface area contributed by atoms with Crippen LogP contribution >= 0.6 is 0 Å². The van der Waals surface area contributed by atoms with Crippen LogP contribution in [0.15, 0.2) is 60.7 Å². The Bertz CT molecular complexity index is 735. The third-order valence-corrected chi connectivity index (χ3v) is 4.55. The van der Waals surface area contributed by atoms with Crippen LogP contribution in [-0.2, 0) is 17.9 Å². The monoisotopic (exact) mass is 383 g/mol. The van der Waals surface area contributed by atoms with Gasteiger partial charge in [-0.1, -0.05) is 74.5 Å². The van der Waals surface area contributed by atoms with Gasteiger partial charge in [-0.25, -0.2) is 4.79 Å². The Balaban J connectivity index is 1.93. The Morgan fingerprint density at radius 1 is 0.964 bits per heavy atom. The highest BCUT2D eigenvalue weighted by Gasteiger charge is 2.24. The summed E-state index contributed by atoms with van der Waals surface area (Å²) in [5, 5.41) is 14.8. The van der Waals surface area contributed by atoms with Crippen molar-refractivity contribution < 1.29 is 14.7 Å². The molecule has 0 saturated carbocycles. The second kappa shape index (κ2) is 11.2. The quantitative estimate of drug-likeness (QED) is 0.622. The molecule has 2 aromatic rings. The van der Waals surface area contributed by atoms with Crippen molar-refractivity contribution >= 4 is 11.9 Å². The van der Waals surface area contributed by atoms with Crippen LogP contribution in [-0.4, -0.2) is 41.1 Å². The minimum Gasteiger partial charge on any atom is -0.395 e. The molecule has 6 nitrogen and oxygen atoms in total. The van der Waals surface area contributed by atoms with Crippen LogP contribution in [0.4, 0.5) is 4.79 Å². The Morgan fingerprint density at radius 2 is 1.54 bits per heavy atom. The second-order valence-corrected chi connectivity index (χ2v) is 7.10. The number of hydrogen-bond acceptors (Lipinski definition) is 4. The van der Waals surface area contributed by atoms with Crippen molar-refractivity contribution in [3.05, 3.63) is 71.8 Å². The average Bonchev–Trinajstić information content (AvgIpc) is 2.68. The van der Waals surface area contributed by atoms with E-state index >= 15 is 0 Å². The number of rotatable bonds is 9. The number of aliphatic hydroxyl groups excluding tert-OH is 1. The topological polar surface area (TPSA) is 81.7 Å². The first-order valence-corrected chi connectivity index (χ1v) is 9.50. The van der Waals surface area contributed by atoms with Crippen LogP contribution in [0.3, 0.4) is 0 Å². The van der Waals surface area contributed by atoms with E-state index in [1.807, 2.05) is 79.4 Å². The lowest BCUT2D eigenvalue weighted by Crippen LogP contribution is -2.49. The van der Waals surface area contributed by atoms with Gasteiger partial charge in [0.05, 0.1) is 13.2 Å². The molecule has 2 aromatic carbocycles. The van der Waals surface area contributed by atoms with E-state index in [1.165, 1.54) is 0 Å². The number of nitrogens with zero attached hydrogens (tertiary/aromatic N) is 1. The minimum atomic E-state index is -0.529. The fourth-order valence-electron chi connectivity index (χ4n) is 3.03. The molecule has 2 rings (SSSR count). The van der Waals surface area contributed by atoms with E-state index in [1.54, 1.807) is 0 Å². The fraction of sp³-hybridized carbons (Fsp3) is 0.364. The zero-order chi connectivity index (χ0) is 20.4. The SMILES string of the molecule is CC(C)C(CO)N(CC(=O)NC(=O)NCc1ccccc1)Cc1ccccc1. The number of aliphatic hydroxyl groups is 1. The van der Waals surface area contributed by atoms with Crippen molar-refractivity contribution in [2.24, 2.45) is 5.92 Å². The molecular weight excluding hydrogens is 354 g/mol. The van der Waals surface area contributed by atoms with Gasteiger partial charge in [0.25, 0.3) is 0 Å². The Morgan fingerprint density at radius 3 is 2.07 bits per heavy atom. The first kappa shape index (κ1) is 21.6. The smallest absolute Gasteiger partial charge is 0.321 e. The van der Waals surface area contributed by atoms with Crippen LogP contribution in [0.25, 0.3) is 0 Å². The largest absolute Gasteiger partial charge is 0.395 e. The van der Waals surface area contributed by atoms with Crippen molar-refractivity contribution in [2.75, 3.05) is 13.2 Å². The number of benzene rings is 2. The maximum atomic E-state index is 12.4. The summed E-state index contributed by atoms with van der Waals surface area (Å²) in [6.07, 6.45) is 0. The lowest BCUT2D eigenvalue weighted by Gasteiger charge is -2.32. The number of carbonyl (C=O) groups is 2. The minimum absolute atomic E-state index is 0.0249. The normalized spacial score (nSPS) is 12.0. The van der Waals surface area contributed by atoms with Gasteiger partial charge in [-0.15, -0.1) is 0 Å². The number of nitrogens with one attached hydrogen (secondary N) is 2. The predicted molar refractivity (Wildman–Crippen MR) is 109 cm³/mol. The number of imide groups is 1. The van der Waals surface area contributed by atoms with Crippen molar-refractivity contribution in [1.82, 2.24) is 15.5 Å². The van der Waals surface area contributed by atoms with E-state index in [0.29, 0.717) is 13.1 Å². The summed E-state index contributed by atoms with van der Waals surface area (Å²) >= 11 is 0. The number of carbonyl (C=O) groups excluding carboxylic acids is 2. The van der Waals surface area contributed by atoms with Crippen LogP contribution in [0.5, 0.6) is 0 Å². The maximum absolute atomic E-state index is 12.4. The first-order valence-electron chi connectivity index (χ1n) is 9.50. The fourth-order valence-corrected chi connectivity index (χ4v) is 3.03. The Labute approximate surface area is 166 Å². The van der Waals surface area contributed by atoms with Crippen LogP contribution in [0, 0.1) is 5.92 Å². The molecule has 0 aliphatic heterocycles. The molecule has 150 valence electrons. The molecule has 0 aliphatic carbocycles.